The molecular formula is C15H25FN2. The van der Waals surface area contributed by atoms with Crippen LogP contribution in [0.2, 0.25) is 0 Å². The minimum atomic E-state index is -0.245. The van der Waals surface area contributed by atoms with Gasteiger partial charge < -0.3 is 11.1 Å². The minimum Gasteiger partial charge on any atom is -0.397 e. The van der Waals surface area contributed by atoms with Gasteiger partial charge in [-0.15, -0.1) is 0 Å². The van der Waals surface area contributed by atoms with Crippen LogP contribution in [0, 0.1) is 18.7 Å². The lowest BCUT2D eigenvalue weighted by atomic mass is 10.0. The first-order valence-corrected chi connectivity index (χ1v) is 6.72. The lowest BCUT2D eigenvalue weighted by Crippen LogP contribution is -2.16. The van der Waals surface area contributed by atoms with Gasteiger partial charge in [-0.1, -0.05) is 26.7 Å². The molecule has 0 radical (unpaired) electrons. The molecule has 0 aliphatic rings. The first kappa shape index (κ1) is 14.8. The van der Waals surface area contributed by atoms with E-state index in [0.717, 1.165) is 18.0 Å². The number of nitrogen functional groups attached to an aromatic ring is 1. The van der Waals surface area contributed by atoms with E-state index in [-0.39, 0.29) is 5.82 Å². The predicted octanol–water partition coefficient (Wildman–Crippen LogP) is 4.34. The third kappa shape index (κ3) is 4.55. The van der Waals surface area contributed by atoms with Gasteiger partial charge in [0.25, 0.3) is 0 Å². The maximum Gasteiger partial charge on any atom is 0.128 e. The largest absolute Gasteiger partial charge is 0.397 e. The number of halogens is 1. The quantitative estimate of drug-likeness (QED) is 0.739. The molecule has 3 heteroatoms. The van der Waals surface area contributed by atoms with Crippen molar-refractivity contribution in [1.82, 2.24) is 0 Å². The van der Waals surface area contributed by atoms with Crippen LogP contribution < -0.4 is 11.1 Å². The molecule has 0 aliphatic carbocycles. The summed E-state index contributed by atoms with van der Waals surface area (Å²) >= 11 is 0. The topological polar surface area (TPSA) is 38.0 Å². The van der Waals surface area contributed by atoms with E-state index >= 15 is 0 Å². The predicted molar refractivity (Wildman–Crippen MR) is 77.3 cm³/mol. The first-order chi connectivity index (χ1) is 8.40. The van der Waals surface area contributed by atoms with Crippen molar-refractivity contribution in [2.45, 2.75) is 53.0 Å². The van der Waals surface area contributed by atoms with E-state index in [9.17, 15) is 4.39 Å². The van der Waals surface area contributed by atoms with E-state index < -0.39 is 0 Å². The van der Waals surface area contributed by atoms with Gasteiger partial charge in [-0.05, 0) is 43.9 Å². The first-order valence-electron chi connectivity index (χ1n) is 6.72. The zero-order valence-electron chi connectivity index (χ0n) is 11.9. The fourth-order valence-corrected chi connectivity index (χ4v) is 1.99. The molecule has 0 heterocycles. The molecule has 0 saturated heterocycles. The minimum absolute atomic E-state index is 0.245. The van der Waals surface area contributed by atoms with Gasteiger partial charge in [-0.3, -0.25) is 0 Å². The van der Waals surface area contributed by atoms with Crippen molar-refractivity contribution in [2.24, 2.45) is 5.92 Å². The molecule has 102 valence electrons. The third-order valence-corrected chi connectivity index (χ3v) is 3.15. The van der Waals surface area contributed by atoms with Gasteiger partial charge in [0, 0.05) is 6.04 Å². The highest BCUT2D eigenvalue weighted by Gasteiger charge is 2.08. The zero-order chi connectivity index (χ0) is 13.7. The zero-order valence-corrected chi connectivity index (χ0v) is 11.9. The molecule has 1 aromatic carbocycles. The SMILES string of the molecule is Cc1cc(NC(C)CCCC(C)C)c(N)cc1F. The monoisotopic (exact) mass is 252 g/mol. The summed E-state index contributed by atoms with van der Waals surface area (Å²) in [4.78, 5) is 0. The molecule has 1 atom stereocenters. The standard InChI is InChI=1S/C15H25FN2/c1-10(2)6-5-7-12(4)18-15-8-11(3)13(16)9-14(15)17/h8-10,12,18H,5-7,17H2,1-4H3. The molecule has 18 heavy (non-hydrogen) atoms. The molecule has 0 aromatic heterocycles. The maximum atomic E-state index is 13.3. The van der Waals surface area contributed by atoms with E-state index in [2.05, 4.69) is 26.1 Å². The second-order valence-electron chi connectivity index (χ2n) is 5.56. The molecule has 0 spiro atoms. The van der Waals surface area contributed by atoms with Gasteiger partial charge in [0.15, 0.2) is 0 Å². The van der Waals surface area contributed by atoms with Crippen LogP contribution in [0.1, 0.15) is 45.6 Å². The Morgan fingerprint density at radius 1 is 1.22 bits per heavy atom. The van der Waals surface area contributed by atoms with E-state index in [0.29, 0.717) is 17.3 Å². The average Bonchev–Trinajstić information content (AvgIpc) is 2.25. The van der Waals surface area contributed by atoms with E-state index in [1.54, 1.807) is 13.0 Å². The smallest absolute Gasteiger partial charge is 0.128 e. The molecule has 3 N–H and O–H groups in total. The average molecular weight is 252 g/mol. The Labute approximate surface area is 110 Å². The van der Waals surface area contributed by atoms with Crippen LogP contribution in [0.3, 0.4) is 0 Å². The molecule has 0 bridgehead atoms. The molecule has 1 aromatic rings. The number of nitrogens with one attached hydrogen (secondary N) is 1. The number of nitrogens with two attached hydrogens (primary N) is 1. The Hall–Kier alpha value is -1.25. The molecule has 0 aliphatic heterocycles. The molecule has 0 fully saturated rings. The number of hydrogen-bond donors (Lipinski definition) is 2. The highest BCUT2D eigenvalue weighted by atomic mass is 19.1. The number of aryl methyl sites for hydroxylation is 1. The Kier molecular flexibility index (Phi) is 5.45. The van der Waals surface area contributed by atoms with Crippen LogP contribution in [0.4, 0.5) is 15.8 Å². The van der Waals surface area contributed by atoms with E-state index in [4.69, 9.17) is 5.73 Å². The second kappa shape index (κ2) is 6.62. The summed E-state index contributed by atoms with van der Waals surface area (Å²) in [5.41, 5.74) is 7.76. The fraction of sp³-hybridized carbons (Fsp3) is 0.600. The number of benzene rings is 1. The van der Waals surface area contributed by atoms with Crippen molar-refractivity contribution in [1.29, 1.82) is 0 Å². The lowest BCUT2D eigenvalue weighted by molar-refractivity contribution is 0.520. The van der Waals surface area contributed by atoms with Crippen LogP contribution in [-0.2, 0) is 0 Å². The van der Waals surface area contributed by atoms with Crippen molar-refractivity contribution in [2.75, 3.05) is 11.1 Å². The molecule has 2 nitrogen and oxygen atoms in total. The van der Waals surface area contributed by atoms with Crippen LogP contribution >= 0.6 is 0 Å². The summed E-state index contributed by atoms with van der Waals surface area (Å²) in [6, 6.07) is 3.53. The summed E-state index contributed by atoms with van der Waals surface area (Å²) in [6.07, 6.45) is 3.55. The Morgan fingerprint density at radius 3 is 2.50 bits per heavy atom. The molecular weight excluding hydrogens is 227 g/mol. The fourth-order valence-electron chi connectivity index (χ4n) is 1.99. The summed E-state index contributed by atoms with van der Waals surface area (Å²) < 4.78 is 13.3. The molecule has 0 amide bonds. The van der Waals surface area contributed by atoms with E-state index in [1.807, 2.05) is 0 Å². The molecule has 0 saturated carbocycles. The maximum absolute atomic E-state index is 13.3. The van der Waals surface area contributed by atoms with Crippen LogP contribution in [0.15, 0.2) is 12.1 Å². The second-order valence-corrected chi connectivity index (χ2v) is 5.56. The van der Waals surface area contributed by atoms with Crippen LogP contribution in [-0.4, -0.2) is 6.04 Å². The van der Waals surface area contributed by atoms with Gasteiger partial charge in [0.2, 0.25) is 0 Å². The van der Waals surface area contributed by atoms with Crippen molar-refractivity contribution < 1.29 is 4.39 Å². The number of rotatable bonds is 6. The van der Waals surface area contributed by atoms with E-state index in [1.165, 1.54) is 18.9 Å². The van der Waals surface area contributed by atoms with Gasteiger partial charge in [-0.2, -0.15) is 0 Å². The molecule has 1 rings (SSSR count). The highest BCUT2D eigenvalue weighted by molar-refractivity contribution is 5.67. The van der Waals surface area contributed by atoms with Crippen molar-refractivity contribution >= 4 is 11.4 Å². The van der Waals surface area contributed by atoms with Crippen molar-refractivity contribution in [3.63, 3.8) is 0 Å². The molecule has 1 unspecified atom stereocenters. The third-order valence-electron chi connectivity index (χ3n) is 3.15. The van der Waals surface area contributed by atoms with Gasteiger partial charge in [0.1, 0.15) is 5.82 Å². The summed E-state index contributed by atoms with van der Waals surface area (Å²) in [6.45, 7) is 8.36. The van der Waals surface area contributed by atoms with Crippen LogP contribution in [0.5, 0.6) is 0 Å². The van der Waals surface area contributed by atoms with Crippen LogP contribution in [0.25, 0.3) is 0 Å². The van der Waals surface area contributed by atoms with Crippen molar-refractivity contribution in [3.8, 4) is 0 Å². The Bertz CT molecular complexity index is 388. The summed E-state index contributed by atoms with van der Waals surface area (Å²) in [5.74, 6) is 0.501. The number of hydrogen-bond acceptors (Lipinski definition) is 2. The Morgan fingerprint density at radius 2 is 1.89 bits per heavy atom. The Balaban J connectivity index is 2.54. The lowest BCUT2D eigenvalue weighted by Gasteiger charge is -2.18. The van der Waals surface area contributed by atoms with Gasteiger partial charge >= 0.3 is 0 Å². The summed E-state index contributed by atoms with van der Waals surface area (Å²) in [7, 11) is 0. The van der Waals surface area contributed by atoms with Gasteiger partial charge in [0.05, 0.1) is 11.4 Å². The summed E-state index contributed by atoms with van der Waals surface area (Å²) in [5, 5.41) is 3.36. The highest BCUT2D eigenvalue weighted by Crippen LogP contribution is 2.24. The number of anilines is 2. The van der Waals surface area contributed by atoms with Gasteiger partial charge in [-0.25, -0.2) is 4.39 Å². The van der Waals surface area contributed by atoms with Crippen molar-refractivity contribution in [3.05, 3.63) is 23.5 Å². The normalized spacial score (nSPS) is 12.8.